The number of nitrogen functional groups attached to an aromatic ring is 1. The van der Waals surface area contributed by atoms with Gasteiger partial charge in [0, 0.05) is 21.1 Å². The monoisotopic (exact) mass is 326 g/mol. The number of halogens is 1. The van der Waals surface area contributed by atoms with E-state index >= 15 is 0 Å². The first-order chi connectivity index (χ1) is 9.69. The third-order valence-electron chi connectivity index (χ3n) is 3.44. The number of nitrogens with two attached hydrogens (primary N) is 1. The van der Waals surface area contributed by atoms with Gasteiger partial charge in [-0.1, -0.05) is 53.2 Å². The van der Waals surface area contributed by atoms with Gasteiger partial charge < -0.3 is 5.73 Å². The highest BCUT2D eigenvalue weighted by atomic mass is 79.9. The summed E-state index contributed by atoms with van der Waals surface area (Å²) in [5.74, 6) is 0. The third-order valence-corrected chi connectivity index (χ3v) is 3.90. The summed E-state index contributed by atoms with van der Waals surface area (Å²) < 4.78 is 1.04. The standard InChI is InChI=1S/C17H15BrN2/c1-2-11-8-13(18)9-14-15(19)10-16(20-17(11)14)12-6-4-3-5-7-12/h3-10H,2H2,1H3,(H2,19,20). The van der Waals surface area contributed by atoms with E-state index < -0.39 is 0 Å². The quantitative estimate of drug-likeness (QED) is 0.734. The van der Waals surface area contributed by atoms with Crippen molar-refractivity contribution < 1.29 is 0 Å². The second-order valence-electron chi connectivity index (χ2n) is 4.78. The predicted octanol–water partition coefficient (Wildman–Crippen LogP) is 4.81. The topological polar surface area (TPSA) is 38.9 Å². The third kappa shape index (κ3) is 2.29. The second kappa shape index (κ2) is 5.25. The van der Waals surface area contributed by atoms with Crippen molar-refractivity contribution in [2.24, 2.45) is 0 Å². The molecule has 0 aliphatic rings. The van der Waals surface area contributed by atoms with E-state index in [0.29, 0.717) is 0 Å². The van der Waals surface area contributed by atoms with E-state index in [4.69, 9.17) is 10.7 Å². The molecule has 2 nitrogen and oxygen atoms in total. The largest absolute Gasteiger partial charge is 0.398 e. The van der Waals surface area contributed by atoms with E-state index in [1.54, 1.807) is 0 Å². The van der Waals surface area contributed by atoms with Crippen molar-refractivity contribution in [1.82, 2.24) is 4.98 Å². The van der Waals surface area contributed by atoms with Gasteiger partial charge in [-0.3, -0.25) is 0 Å². The lowest BCUT2D eigenvalue weighted by atomic mass is 10.0. The molecule has 0 unspecified atom stereocenters. The minimum Gasteiger partial charge on any atom is -0.398 e. The first kappa shape index (κ1) is 13.1. The van der Waals surface area contributed by atoms with Gasteiger partial charge in [0.2, 0.25) is 0 Å². The number of fused-ring (bicyclic) bond motifs is 1. The fourth-order valence-corrected chi connectivity index (χ4v) is 2.92. The number of benzene rings is 2. The lowest BCUT2D eigenvalue weighted by Gasteiger charge is -2.10. The maximum absolute atomic E-state index is 6.23. The van der Waals surface area contributed by atoms with Crippen molar-refractivity contribution in [3.63, 3.8) is 0 Å². The highest BCUT2D eigenvalue weighted by Crippen LogP contribution is 2.31. The van der Waals surface area contributed by atoms with Crippen molar-refractivity contribution >= 4 is 32.5 Å². The minimum atomic E-state index is 0.768. The number of aryl methyl sites for hydroxylation is 1. The SMILES string of the molecule is CCc1cc(Br)cc2c(N)cc(-c3ccccc3)nc12. The molecule has 0 aliphatic heterocycles. The minimum absolute atomic E-state index is 0.768. The van der Waals surface area contributed by atoms with E-state index in [0.717, 1.165) is 38.7 Å². The molecule has 100 valence electrons. The average Bonchev–Trinajstić information content (AvgIpc) is 2.48. The maximum atomic E-state index is 6.23. The molecule has 1 aromatic heterocycles. The molecular weight excluding hydrogens is 312 g/mol. The van der Waals surface area contributed by atoms with Crippen LogP contribution >= 0.6 is 15.9 Å². The number of pyridine rings is 1. The lowest BCUT2D eigenvalue weighted by molar-refractivity contribution is 1.14. The first-order valence-electron chi connectivity index (χ1n) is 6.63. The van der Waals surface area contributed by atoms with Crippen LogP contribution in [0.5, 0.6) is 0 Å². The molecule has 1 heterocycles. The molecule has 0 aliphatic carbocycles. The number of rotatable bonds is 2. The van der Waals surface area contributed by atoms with E-state index in [2.05, 4.69) is 41.1 Å². The molecule has 0 radical (unpaired) electrons. The summed E-state index contributed by atoms with van der Waals surface area (Å²) in [6.45, 7) is 2.13. The van der Waals surface area contributed by atoms with Crippen LogP contribution < -0.4 is 5.73 Å². The summed E-state index contributed by atoms with van der Waals surface area (Å²) in [6, 6.07) is 16.2. The summed E-state index contributed by atoms with van der Waals surface area (Å²) >= 11 is 3.54. The summed E-state index contributed by atoms with van der Waals surface area (Å²) in [6.07, 6.45) is 0.931. The Morgan fingerprint density at radius 1 is 1.10 bits per heavy atom. The molecule has 3 rings (SSSR count). The molecular formula is C17H15BrN2. The maximum Gasteiger partial charge on any atom is 0.0762 e. The molecule has 0 amide bonds. The van der Waals surface area contributed by atoms with Crippen molar-refractivity contribution in [2.45, 2.75) is 13.3 Å². The molecule has 0 fully saturated rings. The molecule has 3 heteroatoms. The molecule has 0 atom stereocenters. The van der Waals surface area contributed by atoms with Crippen LogP contribution in [-0.2, 0) is 6.42 Å². The zero-order valence-electron chi connectivity index (χ0n) is 11.2. The van der Waals surface area contributed by atoms with Gasteiger partial charge in [-0.15, -0.1) is 0 Å². The molecule has 0 saturated carbocycles. The van der Waals surface area contributed by atoms with Gasteiger partial charge in [0.05, 0.1) is 11.2 Å². The molecule has 20 heavy (non-hydrogen) atoms. The van der Waals surface area contributed by atoms with Crippen molar-refractivity contribution in [2.75, 3.05) is 5.73 Å². The molecule has 2 aromatic carbocycles. The number of anilines is 1. The highest BCUT2D eigenvalue weighted by molar-refractivity contribution is 9.10. The van der Waals surface area contributed by atoms with Crippen LogP contribution in [-0.4, -0.2) is 4.98 Å². The van der Waals surface area contributed by atoms with Crippen molar-refractivity contribution in [3.8, 4) is 11.3 Å². The number of hydrogen-bond donors (Lipinski definition) is 1. The van der Waals surface area contributed by atoms with Crippen LogP contribution in [0.2, 0.25) is 0 Å². The van der Waals surface area contributed by atoms with E-state index in [-0.39, 0.29) is 0 Å². The molecule has 2 N–H and O–H groups in total. The molecule has 0 spiro atoms. The van der Waals surface area contributed by atoms with E-state index in [1.807, 2.05) is 30.3 Å². The Hall–Kier alpha value is -1.87. The van der Waals surface area contributed by atoms with Gasteiger partial charge >= 0.3 is 0 Å². The average molecular weight is 327 g/mol. The van der Waals surface area contributed by atoms with Crippen LogP contribution in [0.25, 0.3) is 22.2 Å². The van der Waals surface area contributed by atoms with Gasteiger partial charge in [-0.2, -0.15) is 0 Å². The van der Waals surface area contributed by atoms with Gasteiger partial charge in [-0.05, 0) is 30.2 Å². The zero-order valence-corrected chi connectivity index (χ0v) is 12.8. The second-order valence-corrected chi connectivity index (χ2v) is 5.69. The Kier molecular flexibility index (Phi) is 3.45. The van der Waals surface area contributed by atoms with Crippen molar-refractivity contribution in [1.29, 1.82) is 0 Å². The summed E-state index contributed by atoms with van der Waals surface area (Å²) in [7, 11) is 0. The van der Waals surface area contributed by atoms with Crippen LogP contribution in [0.3, 0.4) is 0 Å². The lowest BCUT2D eigenvalue weighted by Crippen LogP contribution is -1.96. The fourth-order valence-electron chi connectivity index (χ4n) is 2.41. The Morgan fingerprint density at radius 2 is 1.85 bits per heavy atom. The van der Waals surface area contributed by atoms with E-state index in [9.17, 15) is 0 Å². The Balaban J connectivity index is 2.31. The predicted molar refractivity (Wildman–Crippen MR) is 88.7 cm³/mol. The van der Waals surface area contributed by atoms with Gasteiger partial charge in [0.1, 0.15) is 0 Å². The van der Waals surface area contributed by atoms with Crippen molar-refractivity contribution in [3.05, 3.63) is 58.6 Å². The van der Waals surface area contributed by atoms with Gasteiger partial charge in [0.25, 0.3) is 0 Å². The summed E-state index contributed by atoms with van der Waals surface area (Å²) in [5, 5.41) is 1.01. The normalized spacial score (nSPS) is 10.9. The summed E-state index contributed by atoms with van der Waals surface area (Å²) in [4.78, 5) is 4.82. The Morgan fingerprint density at radius 3 is 2.55 bits per heavy atom. The van der Waals surface area contributed by atoms with Gasteiger partial charge in [0.15, 0.2) is 0 Å². The molecule has 3 aromatic rings. The smallest absolute Gasteiger partial charge is 0.0762 e. The number of nitrogens with zero attached hydrogens (tertiary/aromatic N) is 1. The Bertz CT molecular complexity index is 767. The zero-order chi connectivity index (χ0) is 14.1. The highest BCUT2D eigenvalue weighted by Gasteiger charge is 2.09. The molecule has 0 bridgehead atoms. The number of hydrogen-bond acceptors (Lipinski definition) is 2. The number of aromatic nitrogens is 1. The van der Waals surface area contributed by atoms with Crippen LogP contribution in [0.1, 0.15) is 12.5 Å². The van der Waals surface area contributed by atoms with Crippen LogP contribution in [0.15, 0.2) is 53.0 Å². The Labute approximate surface area is 126 Å². The van der Waals surface area contributed by atoms with Gasteiger partial charge in [-0.25, -0.2) is 4.98 Å². The fraction of sp³-hybridized carbons (Fsp3) is 0.118. The summed E-state index contributed by atoms with van der Waals surface area (Å²) in [5.41, 5.74) is 11.2. The van der Waals surface area contributed by atoms with Crippen LogP contribution in [0, 0.1) is 0 Å². The van der Waals surface area contributed by atoms with Crippen LogP contribution in [0.4, 0.5) is 5.69 Å². The molecule has 0 saturated heterocycles. The first-order valence-corrected chi connectivity index (χ1v) is 7.42. The van der Waals surface area contributed by atoms with E-state index in [1.165, 1.54) is 5.56 Å².